The van der Waals surface area contributed by atoms with Gasteiger partial charge in [0.25, 0.3) is 0 Å². The second-order valence-electron chi connectivity index (χ2n) is 5.21. The van der Waals surface area contributed by atoms with Crippen LogP contribution in [0.4, 0.5) is 4.79 Å². The van der Waals surface area contributed by atoms with Gasteiger partial charge >= 0.3 is 6.09 Å². The van der Waals surface area contributed by atoms with Crippen molar-refractivity contribution in [2.45, 2.75) is 52.2 Å². The van der Waals surface area contributed by atoms with Crippen molar-refractivity contribution in [3.8, 4) is 0 Å². The Morgan fingerprint density at radius 2 is 2.00 bits per heavy atom. The lowest BCUT2D eigenvalue weighted by Crippen LogP contribution is -2.34. The first kappa shape index (κ1) is 16.2. The molecule has 102 valence electrons. The monoisotopic (exact) mass is 245 g/mol. The molecule has 0 fully saturated rings. The van der Waals surface area contributed by atoms with E-state index in [-0.39, 0.29) is 6.09 Å². The lowest BCUT2D eigenvalue weighted by atomic mass is 10.2. The number of hydrogen-bond donors (Lipinski definition) is 3. The van der Waals surface area contributed by atoms with Gasteiger partial charge in [-0.25, -0.2) is 4.79 Å². The van der Waals surface area contributed by atoms with Gasteiger partial charge in [0.2, 0.25) is 0 Å². The highest BCUT2D eigenvalue weighted by Crippen LogP contribution is 2.06. The fourth-order valence-electron chi connectivity index (χ4n) is 1.34. The van der Waals surface area contributed by atoms with Crippen molar-refractivity contribution >= 4 is 6.09 Å². The first-order chi connectivity index (χ1) is 7.85. The van der Waals surface area contributed by atoms with Crippen LogP contribution in [-0.2, 0) is 4.74 Å². The molecule has 0 rings (SSSR count). The van der Waals surface area contributed by atoms with Crippen LogP contribution in [0.3, 0.4) is 0 Å². The molecule has 17 heavy (non-hydrogen) atoms. The quantitative estimate of drug-likeness (QED) is 0.590. The Bertz CT molecular complexity index is 214. The fraction of sp³-hybridized carbons (Fsp3) is 0.917. The van der Waals surface area contributed by atoms with E-state index in [9.17, 15) is 4.79 Å². The van der Waals surface area contributed by atoms with Gasteiger partial charge in [0.15, 0.2) is 0 Å². The number of ether oxygens (including phenoxy) is 1. The Hall–Kier alpha value is -0.810. The molecule has 0 aliphatic heterocycles. The van der Waals surface area contributed by atoms with Gasteiger partial charge in [0.1, 0.15) is 5.60 Å². The van der Waals surface area contributed by atoms with Gasteiger partial charge in [0, 0.05) is 25.7 Å². The zero-order chi connectivity index (χ0) is 13.3. The smallest absolute Gasteiger partial charge is 0.407 e. The molecule has 0 spiro atoms. The Morgan fingerprint density at radius 3 is 2.53 bits per heavy atom. The fourth-order valence-corrected chi connectivity index (χ4v) is 1.34. The van der Waals surface area contributed by atoms with Crippen molar-refractivity contribution < 1.29 is 9.53 Å². The molecule has 0 aliphatic rings. The summed E-state index contributed by atoms with van der Waals surface area (Å²) in [5.74, 6) is 0. The third-order valence-electron chi connectivity index (χ3n) is 2.12. The Labute approximate surface area is 104 Å². The first-order valence-electron chi connectivity index (χ1n) is 6.25. The molecule has 0 saturated heterocycles. The van der Waals surface area contributed by atoms with Gasteiger partial charge in [-0.15, -0.1) is 0 Å². The normalized spacial score (nSPS) is 13.2. The maximum Gasteiger partial charge on any atom is 0.407 e. The molecule has 5 nitrogen and oxygen atoms in total. The molecule has 0 aliphatic carbocycles. The van der Waals surface area contributed by atoms with Crippen LogP contribution in [0.5, 0.6) is 0 Å². The molecule has 0 bridgehead atoms. The van der Waals surface area contributed by atoms with Crippen LogP contribution in [0.1, 0.15) is 40.5 Å². The number of carbonyl (C=O) groups is 1. The van der Waals surface area contributed by atoms with Crippen LogP contribution in [0, 0.1) is 0 Å². The van der Waals surface area contributed by atoms with Crippen molar-refractivity contribution in [2.24, 2.45) is 5.73 Å². The summed E-state index contributed by atoms with van der Waals surface area (Å²) in [6.07, 6.45) is 1.59. The van der Waals surface area contributed by atoms with Crippen LogP contribution < -0.4 is 16.4 Å². The molecule has 0 saturated carbocycles. The van der Waals surface area contributed by atoms with E-state index in [1.807, 2.05) is 20.8 Å². The third kappa shape index (κ3) is 11.5. The van der Waals surface area contributed by atoms with Gasteiger partial charge in [-0.3, -0.25) is 0 Å². The molecular formula is C12H27N3O2. The van der Waals surface area contributed by atoms with Crippen LogP contribution in [-0.4, -0.2) is 37.4 Å². The number of carbonyl (C=O) groups excluding carboxylic acids is 1. The number of amides is 1. The minimum Gasteiger partial charge on any atom is -0.444 e. The van der Waals surface area contributed by atoms with Gasteiger partial charge in [-0.2, -0.15) is 0 Å². The van der Waals surface area contributed by atoms with Gasteiger partial charge in [-0.05, 0) is 40.5 Å². The topological polar surface area (TPSA) is 76.4 Å². The van der Waals surface area contributed by atoms with Crippen LogP contribution in [0.15, 0.2) is 0 Å². The number of hydrogen-bond acceptors (Lipinski definition) is 4. The molecular weight excluding hydrogens is 218 g/mol. The van der Waals surface area contributed by atoms with Crippen LogP contribution in [0.25, 0.3) is 0 Å². The van der Waals surface area contributed by atoms with E-state index in [0.717, 1.165) is 19.4 Å². The van der Waals surface area contributed by atoms with E-state index in [0.29, 0.717) is 19.1 Å². The highest BCUT2D eigenvalue weighted by molar-refractivity contribution is 5.67. The molecule has 1 atom stereocenters. The standard InChI is InChI=1S/C12H27N3O2/c1-10(14-9-7-13)6-5-8-15-11(16)17-12(2,3)4/h10,14H,5-9,13H2,1-4H3,(H,15,16). The van der Waals surface area contributed by atoms with E-state index in [1.54, 1.807) is 0 Å². The van der Waals surface area contributed by atoms with Gasteiger partial charge in [-0.1, -0.05) is 0 Å². The first-order valence-corrected chi connectivity index (χ1v) is 6.25. The summed E-state index contributed by atoms with van der Waals surface area (Å²) >= 11 is 0. The molecule has 0 heterocycles. The molecule has 0 aromatic rings. The van der Waals surface area contributed by atoms with Crippen LogP contribution in [0.2, 0.25) is 0 Å². The molecule has 5 heteroatoms. The second-order valence-corrected chi connectivity index (χ2v) is 5.21. The summed E-state index contributed by atoms with van der Waals surface area (Å²) in [6.45, 7) is 9.80. The van der Waals surface area contributed by atoms with E-state index in [2.05, 4.69) is 17.6 Å². The molecule has 1 unspecified atom stereocenters. The summed E-state index contributed by atoms with van der Waals surface area (Å²) in [7, 11) is 0. The average molecular weight is 245 g/mol. The highest BCUT2D eigenvalue weighted by atomic mass is 16.6. The lowest BCUT2D eigenvalue weighted by Gasteiger charge is -2.20. The predicted octanol–water partition coefficient (Wildman–Crippen LogP) is 1.23. The predicted molar refractivity (Wildman–Crippen MR) is 70.0 cm³/mol. The summed E-state index contributed by atoms with van der Waals surface area (Å²) in [5.41, 5.74) is 4.96. The van der Waals surface area contributed by atoms with E-state index in [4.69, 9.17) is 10.5 Å². The Balaban J connectivity index is 3.48. The Morgan fingerprint density at radius 1 is 1.35 bits per heavy atom. The minimum atomic E-state index is -0.430. The maximum absolute atomic E-state index is 11.3. The number of rotatable bonds is 7. The molecule has 1 amide bonds. The summed E-state index contributed by atoms with van der Waals surface area (Å²) in [6, 6.07) is 0.430. The lowest BCUT2D eigenvalue weighted by molar-refractivity contribution is 0.0526. The molecule has 0 aromatic heterocycles. The third-order valence-corrected chi connectivity index (χ3v) is 2.12. The van der Waals surface area contributed by atoms with E-state index in [1.165, 1.54) is 0 Å². The van der Waals surface area contributed by atoms with Crippen molar-refractivity contribution in [3.63, 3.8) is 0 Å². The average Bonchev–Trinajstić information content (AvgIpc) is 2.19. The molecule has 0 aromatic carbocycles. The minimum absolute atomic E-state index is 0.347. The van der Waals surface area contributed by atoms with Crippen molar-refractivity contribution in [1.29, 1.82) is 0 Å². The van der Waals surface area contributed by atoms with E-state index >= 15 is 0 Å². The van der Waals surface area contributed by atoms with Gasteiger partial charge in [0.05, 0.1) is 0 Å². The molecule has 0 radical (unpaired) electrons. The zero-order valence-electron chi connectivity index (χ0n) is 11.5. The number of nitrogens with one attached hydrogen (secondary N) is 2. The van der Waals surface area contributed by atoms with Gasteiger partial charge < -0.3 is 21.1 Å². The molecule has 4 N–H and O–H groups in total. The SMILES string of the molecule is CC(CCCNC(=O)OC(C)(C)C)NCCN. The second kappa shape index (κ2) is 8.31. The van der Waals surface area contributed by atoms with E-state index < -0.39 is 5.60 Å². The summed E-state index contributed by atoms with van der Waals surface area (Å²) in [4.78, 5) is 11.3. The zero-order valence-corrected chi connectivity index (χ0v) is 11.5. The summed E-state index contributed by atoms with van der Waals surface area (Å²) in [5, 5.41) is 6.03. The number of alkyl carbamates (subject to hydrolysis) is 1. The largest absolute Gasteiger partial charge is 0.444 e. The Kier molecular flexibility index (Phi) is 7.91. The van der Waals surface area contributed by atoms with Crippen molar-refractivity contribution in [2.75, 3.05) is 19.6 Å². The van der Waals surface area contributed by atoms with Crippen LogP contribution >= 0.6 is 0 Å². The highest BCUT2D eigenvalue weighted by Gasteiger charge is 2.15. The van der Waals surface area contributed by atoms with Crippen molar-refractivity contribution in [3.05, 3.63) is 0 Å². The summed E-state index contributed by atoms with van der Waals surface area (Å²) < 4.78 is 5.13. The maximum atomic E-state index is 11.3. The van der Waals surface area contributed by atoms with Crippen molar-refractivity contribution in [1.82, 2.24) is 10.6 Å². The number of nitrogens with two attached hydrogens (primary N) is 1.